The highest BCUT2D eigenvalue weighted by atomic mass is 35.5. The van der Waals surface area contributed by atoms with Gasteiger partial charge in [0.25, 0.3) is 0 Å². The van der Waals surface area contributed by atoms with Crippen LogP contribution in [-0.2, 0) is 11.2 Å². The first-order chi connectivity index (χ1) is 13.5. The first-order valence-corrected chi connectivity index (χ1v) is 10.6. The maximum Gasteiger partial charge on any atom is 0.227 e. The third-order valence-electron chi connectivity index (χ3n) is 5.76. The molecule has 3 rings (SSSR count). The van der Waals surface area contributed by atoms with E-state index in [1.54, 1.807) is 0 Å². The minimum atomic E-state index is 0.157. The Balaban J connectivity index is 1.44. The molecular weight excluding hydrogens is 374 g/mol. The number of nitrogens with zero attached hydrogens (tertiary/aromatic N) is 4. The molecule has 1 aromatic rings. The number of nitrogens with one attached hydrogen (secondary N) is 1. The lowest BCUT2D eigenvalue weighted by Gasteiger charge is -2.37. The molecule has 0 radical (unpaired) electrons. The first-order valence-electron chi connectivity index (χ1n) is 10.2. The van der Waals surface area contributed by atoms with Crippen molar-refractivity contribution in [2.45, 2.75) is 38.3 Å². The van der Waals surface area contributed by atoms with E-state index in [1.807, 2.05) is 36.2 Å². The van der Waals surface area contributed by atoms with Crippen LogP contribution in [-0.4, -0.2) is 85.5 Å². The maximum atomic E-state index is 12.6. The van der Waals surface area contributed by atoms with Crippen LogP contribution in [0.3, 0.4) is 0 Å². The number of guanidine groups is 1. The molecule has 1 heterocycles. The molecule has 154 valence electrons. The van der Waals surface area contributed by atoms with E-state index < -0.39 is 0 Å². The second-order valence-electron chi connectivity index (χ2n) is 7.85. The zero-order valence-electron chi connectivity index (χ0n) is 17.2. The Morgan fingerprint density at radius 1 is 1.29 bits per heavy atom. The van der Waals surface area contributed by atoms with Gasteiger partial charge in [-0.1, -0.05) is 23.7 Å². The summed E-state index contributed by atoms with van der Waals surface area (Å²) in [5.41, 5.74) is 0.964. The number of carbonyl (C=O) groups is 1. The van der Waals surface area contributed by atoms with Crippen LogP contribution in [0.5, 0.6) is 0 Å². The maximum absolute atomic E-state index is 12.6. The van der Waals surface area contributed by atoms with E-state index in [9.17, 15) is 4.79 Å². The van der Waals surface area contributed by atoms with E-state index in [0.29, 0.717) is 17.5 Å². The number of benzene rings is 1. The van der Waals surface area contributed by atoms with Crippen molar-refractivity contribution in [2.75, 3.05) is 46.8 Å². The van der Waals surface area contributed by atoms with Gasteiger partial charge in [-0.2, -0.15) is 0 Å². The van der Waals surface area contributed by atoms with Gasteiger partial charge >= 0.3 is 0 Å². The molecule has 1 unspecified atom stereocenters. The summed E-state index contributed by atoms with van der Waals surface area (Å²) in [5, 5.41) is 4.18. The van der Waals surface area contributed by atoms with Gasteiger partial charge in [-0.15, -0.1) is 0 Å². The second kappa shape index (κ2) is 9.61. The van der Waals surface area contributed by atoms with E-state index in [2.05, 4.69) is 34.1 Å². The van der Waals surface area contributed by atoms with Crippen molar-refractivity contribution >= 4 is 23.5 Å². The quantitative estimate of drug-likeness (QED) is 0.581. The van der Waals surface area contributed by atoms with Gasteiger partial charge in [0.05, 0.1) is 6.42 Å². The Morgan fingerprint density at radius 2 is 1.96 bits per heavy atom. The van der Waals surface area contributed by atoms with E-state index >= 15 is 0 Å². The summed E-state index contributed by atoms with van der Waals surface area (Å²) in [5.74, 6) is 1.09. The van der Waals surface area contributed by atoms with Crippen LogP contribution >= 0.6 is 11.6 Å². The number of aliphatic imine (C=N–C) groups is 1. The molecule has 1 atom stereocenters. The molecule has 6 nitrogen and oxygen atoms in total. The molecule has 7 heteroatoms. The summed E-state index contributed by atoms with van der Waals surface area (Å²) in [6, 6.07) is 8.77. The lowest BCUT2D eigenvalue weighted by atomic mass is 10.1. The van der Waals surface area contributed by atoms with Crippen molar-refractivity contribution in [3.8, 4) is 0 Å². The van der Waals surface area contributed by atoms with Crippen molar-refractivity contribution in [3.05, 3.63) is 34.9 Å². The summed E-state index contributed by atoms with van der Waals surface area (Å²) in [6.45, 7) is 6.18. The summed E-state index contributed by atoms with van der Waals surface area (Å²) >= 11 is 6.02. The minimum absolute atomic E-state index is 0.157. The molecular formula is C21H32ClN5O. The summed E-state index contributed by atoms with van der Waals surface area (Å²) in [6.07, 6.45) is 3.04. The fourth-order valence-electron chi connectivity index (χ4n) is 3.66. The summed E-state index contributed by atoms with van der Waals surface area (Å²) in [4.78, 5) is 23.7. The normalized spacial score (nSPS) is 19.1. The average molecular weight is 406 g/mol. The second-order valence-corrected chi connectivity index (χ2v) is 8.28. The number of amides is 1. The molecule has 2 aliphatic rings. The van der Waals surface area contributed by atoms with Crippen molar-refractivity contribution < 1.29 is 4.79 Å². The fourth-order valence-corrected chi connectivity index (χ4v) is 3.87. The molecule has 0 bridgehead atoms. The van der Waals surface area contributed by atoms with Gasteiger partial charge in [0.1, 0.15) is 0 Å². The highest BCUT2D eigenvalue weighted by molar-refractivity contribution is 6.30. The minimum Gasteiger partial charge on any atom is -0.355 e. The van der Waals surface area contributed by atoms with Crippen LogP contribution in [0.1, 0.15) is 25.3 Å². The molecule has 1 aliphatic carbocycles. The van der Waals surface area contributed by atoms with Gasteiger partial charge in [0.2, 0.25) is 5.91 Å². The number of rotatable bonds is 6. The number of piperazine rings is 1. The SMILES string of the molecule is CN=C(NCC(C)N(C)C1CC1)N1CCN(C(=O)Cc2cccc(Cl)c2)CC1. The Kier molecular flexibility index (Phi) is 7.18. The number of hydrogen-bond donors (Lipinski definition) is 1. The largest absolute Gasteiger partial charge is 0.355 e. The third kappa shape index (κ3) is 5.61. The van der Waals surface area contributed by atoms with Gasteiger partial charge in [-0.25, -0.2) is 0 Å². The van der Waals surface area contributed by atoms with E-state index in [-0.39, 0.29) is 5.91 Å². The summed E-state index contributed by atoms with van der Waals surface area (Å²) in [7, 11) is 4.03. The van der Waals surface area contributed by atoms with Gasteiger partial charge in [0, 0.05) is 56.9 Å². The molecule has 1 N–H and O–H groups in total. The Labute approximate surface area is 173 Å². The van der Waals surface area contributed by atoms with E-state index in [1.165, 1.54) is 12.8 Å². The Hall–Kier alpha value is -1.79. The predicted octanol–water partition coefficient (Wildman–Crippen LogP) is 2.08. The monoisotopic (exact) mass is 405 g/mol. The molecule has 1 saturated carbocycles. The van der Waals surface area contributed by atoms with Gasteiger partial charge in [-0.05, 0) is 44.5 Å². The predicted molar refractivity (Wildman–Crippen MR) is 115 cm³/mol. The van der Waals surface area contributed by atoms with Crippen LogP contribution in [0.25, 0.3) is 0 Å². The van der Waals surface area contributed by atoms with Gasteiger partial charge in [-0.3, -0.25) is 14.7 Å². The highest BCUT2D eigenvalue weighted by Crippen LogP contribution is 2.26. The average Bonchev–Trinajstić information content (AvgIpc) is 3.53. The smallest absolute Gasteiger partial charge is 0.227 e. The van der Waals surface area contributed by atoms with Crippen molar-refractivity contribution in [3.63, 3.8) is 0 Å². The standard InChI is InChI=1S/C21H32ClN5O/c1-16(25(3)19-7-8-19)15-24-21(23-2)27-11-9-26(10-12-27)20(28)14-17-5-4-6-18(22)13-17/h4-6,13,16,19H,7-12,14-15H2,1-3H3,(H,23,24). The molecule has 1 saturated heterocycles. The van der Waals surface area contributed by atoms with Crippen LogP contribution in [0.4, 0.5) is 0 Å². The van der Waals surface area contributed by atoms with Crippen LogP contribution in [0, 0.1) is 0 Å². The van der Waals surface area contributed by atoms with Crippen molar-refractivity contribution in [2.24, 2.45) is 4.99 Å². The zero-order valence-corrected chi connectivity index (χ0v) is 18.0. The Bertz CT molecular complexity index is 698. The molecule has 1 aliphatic heterocycles. The van der Waals surface area contributed by atoms with Crippen LogP contribution < -0.4 is 5.32 Å². The molecule has 28 heavy (non-hydrogen) atoms. The van der Waals surface area contributed by atoms with E-state index in [4.69, 9.17) is 11.6 Å². The van der Waals surface area contributed by atoms with E-state index in [0.717, 1.165) is 50.3 Å². The van der Waals surface area contributed by atoms with Crippen LogP contribution in [0.2, 0.25) is 5.02 Å². The number of likely N-dealkylation sites (N-methyl/N-ethyl adjacent to an activating group) is 1. The van der Waals surface area contributed by atoms with Crippen LogP contribution in [0.15, 0.2) is 29.3 Å². The van der Waals surface area contributed by atoms with Gasteiger partial charge < -0.3 is 15.1 Å². The van der Waals surface area contributed by atoms with Crippen molar-refractivity contribution in [1.29, 1.82) is 0 Å². The lowest BCUT2D eigenvalue weighted by Crippen LogP contribution is -2.55. The molecule has 0 aromatic heterocycles. The lowest BCUT2D eigenvalue weighted by molar-refractivity contribution is -0.131. The Morgan fingerprint density at radius 3 is 2.57 bits per heavy atom. The van der Waals surface area contributed by atoms with Gasteiger partial charge in [0.15, 0.2) is 5.96 Å². The highest BCUT2D eigenvalue weighted by Gasteiger charge is 2.29. The molecule has 2 fully saturated rings. The van der Waals surface area contributed by atoms with Crippen molar-refractivity contribution in [1.82, 2.24) is 20.0 Å². The zero-order chi connectivity index (χ0) is 20.1. The topological polar surface area (TPSA) is 51.2 Å². The number of hydrogen-bond acceptors (Lipinski definition) is 3. The summed E-state index contributed by atoms with van der Waals surface area (Å²) < 4.78 is 0. The molecule has 0 spiro atoms. The third-order valence-corrected chi connectivity index (χ3v) is 6.00. The number of halogens is 1. The molecule has 1 amide bonds. The number of carbonyl (C=O) groups excluding carboxylic acids is 1. The first kappa shape index (κ1) is 20.9. The molecule has 1 aromatic carbocycles. The fraction of sp³-hybridized carbons (Fsp3) is 0.619.